The molecule has 67 heavy (non-hydrogen) atoms. The molecular weight excluding hydrogens is 920 g/mol. The number of halogens is 10. The van der Waals surface area contributed by atoms with Crippen LogP contribution >= 0.6 is 11.6 Å². The second-order valence-electron chi connectivity index (χ2n) is 18.0. The van der Waals surface area contributed by atoms with Gasteiger partial charge in [0.25, 0.3) is 0 Å². The second-order valence-corrected chi connectivity index (χ2v) is 18.4. The van der Waals surface area contributed by atoms with Gasteiger partial charge < -0.3 is 30.3 Å². The van der Waals surface area contributed by atoms with Crippen LogP contribution in [-0.4, -0.2) is 101 Å². The lowest BCUT2D eigenvalue weighted by Gasteiger charge is -2.28. The Morgan fingerprint density at radius 1 is 0.642 bits per heavy atom. The predicted octanol–water partition coefficient (Wildman–Crippen LogP) is 10.9. The van der Waals surface area contributed by atoms with E-state index in [4.69, 9.17) is 26.8 Å². The number of amides is 2. The maximum absolute atomic E-state index is 12.5. The second kappa shape index (κ2) is 25.8. The van der Waals surface area contributed by atoms with Gasteiger partial charge in [0, 0.05) is 76.2 Å². The number of alkyl halides is 9. The summed E-state index contributed by atoms with van der Waals surface area (Å²) in [6.45, 7) is 14.1. The summed E-state index contributed by atoms with van der Waals surface area (Å²) >= 11 is 5.28. The minimum absolute atomic E-state index is 0. The summed E-state index contributed by atoms with van der Waals surface area (Å²) in [5.74, 6) is 0. The van der Waals surface area contributed by atoms with Crippen molar-refractivity contribution in [1.29, 1.82) is 0 Å². The average Bonchev–Trinajstić information content (AvgIpc) is 4.01. The minimum Gasteiger partial charge on any atom is -0.444 e. The molecule has 0 bridgehead atoms. The fraction of sp³-hybridized carbons (Fsp3) is 0.622. The van der Waals surface area contributed by atoms with Gasteiger partial charge in [0.1, 0.15) is 16.4 Å². The number of nitrogens with two attached hydrogens (primary N) is 1. The number of pyridine rings is 3. The number of nitrogens with one attached hydrogen (secondary N) is 1. The third-order valence-corrected chi connectivity index (χ3v) is 10.5. The highest BCUT2D eigenvalue weighted by molar-refractivity contribution is 6.29. The van der Waals surface area contributed by atoms with Crippen LogP contribution in [-0.2, 0) is 40.8 Å². The molecule has 11 nitrogen and oxygen atoms in total. The Morgan fingerprint density at radius 2 is 1.06 bits per heavy atom. The zero-order chi connectivity index (χ0) is 49.5. The largest absolute Gasteiger partial charge is 0.444 e. The van der Waals surface area contributed by atoms with Crippen LogP contribution in [0, 0.1) is 0 Å². The van der Waals surface area contributed by atoms with E-state index >= 15 is 0 Å². The van der Waals surface area contributed by atoms with Gasteiger partial charge in [-0.2, -0.15) is 39.5 Å². The summed E-state index contributed by atoms with van der Waals surface area (Å²) in [4.78, 5) is 38.4. The van der Waals surface area contributed by atoms with Crippen molar-refractivity contribution >= 4 is 32.2 Å². The number of carbonyl (C=O) groups excluding carboxylic acids is 2. The molecule has 3 fully saturated rings. The number of carbonyl (C=O) groups is 2. The highest BCUT2D eigenvalue weighted by Crippen LogP contribution is 2.31. The number of hydrogen-bond acceptors (Lipinski definition) is 9. The number of ether oxygens (including phenoxy) is 2. The smallest absolute Gasteiger partial charge is 0.417 e. The van der Waals surface area contributed by atoms with Crippen LogP contribution in [0.4, 0.5) is 49.1 Å². The van der Waals surface area contributed by atoms with E-state index < -0.39 is 46.4 Å². The van der Waals surface area contributed by atoms with E-state index in [2.05, 4.69) is 20.3 Å². The molecule has 6 rings (SSSR count). The zero-order valence-electron chi connectivity index (χ0n) is 38.6. The summed E-state index contributed by atoms with van der Waals surface area (Å²) in [7, 11) is 0. The normalized spacial score (nSPS) is 18.6. The Hall–Kier alpha value is -4.37. The predicted molar refractivity (Wildman–Crippen MR) is 237 cm³/mol. The Labute approximate surface area is 393 Å². The van der Waals surface area contributed by atoms with Gasteiger partial charge in [0.05, 0.1) is 16.7 Å². The van der Waals surface area contributed by atoms with E-state index in [1.807, 2.05) is 41.5 Å². The molecule has 3 N–H and O–H groups in total. The topological polar surface area (TPSA) is 136 Å². The molecule has 0 unspecified atom stereocenters. The first-order valence-electron chi connectivity index (χ1n) is 21.7. The van der Waals surface area contributed by atoms with E-state index in [0.29, 0.717) is 43.9 Å². The van der Waals surface area contributed by atoms with Crippen molar-refractivity contribution in [3.05, 3.63) is 88.2 Å². The maximum atomic E-state index is 12.5. The van der Waals surface area contributed by atoms with Gasteiger partial charge in [-0.3, -0.25) is 9.97 Å². The van der Waals surface area contributed by atoms with E-state index in [1.165, 1.54) is 18.6 Å². The summed E-state index contributed by atoms with van der Waals surface area (Å²) in [6, 6.07) is 7.72. The molecule has 3 radical (unpaired) electrons. The molecule has 3 saturated heterocycles. The van der Waals surface area contributed by atoms with Crippen molar-refractivity contribution in [1.82, 2.24) is 30.1 Å². The molecule has 0 spiro atoms. The van der Waals surface area contributed by atoms with Gasteiger partial charge in [-0.05, 0) is 149 Å². The number of rotatable bonds is 7. The van der Waals surface area contributed by atoms with Crippen LogP contribution in [0.1, 0.15) is 121 Å². The van der Waals surface area contributed by atoms with Crippen LogP contribution in [0.5, 0.6) is 0 Å². The van der Waals surface area contributed by atoms with Gasteiger partial charge in [0.2, 0.25) is 0 Å². The molecule has 3 aliphatic rings. The van der Waals surface area contributed by atoms with Crippen LogP contribution < -0.4 is 11.1 Å². The Balaban J connectivity index is 0.000000318. The number of aryl methyl sites for hydroxylation is 2. The highest BCUT2D eigenvalue weighted by Gasteiger charge is 2.35. The van der Waals surface area contributed by atoms with Gasteiger partial charge >= 0.3 is 30.7 Å². The molecule has 0 aromatic carbocycles. The third-order valence-electron chi connectivity index (χ3n) is 10.3. The molecule has 0 aliphatic carbocycles. The van der Waals surface area contributed by atoms with Crippen molar-refractivity contribution in [3.63, 3.8) is 0 Å². The fourth-order valence-corrected chi connectivity index (χ4v) is 7.11. The number of aromatic nitrogens is 3. The van der Waals surface area contributed by atoms with Crippen molar-refractivity contribution in [2.75, 3.05) is 26.2 Å². The van der Waals surface area contributed by atoms with Crippen LogP contribution in [0.2, 0.25) is 5.15 Å². The molecule has 3 atom stereocenters. The van der Waals surface area contributed by atoms with E-state index in [0.717, 1.165) is 100 Å². The summed E-state index contributed by atoms with van der Waals surface area (Å²) in [5.41, 5.74) is 3.72. The first-order valence-corrected chi connectivity index (χ1v) is 22.1. The minimum atomic E-state index is -4.37. The van der Waals surface area contributed by atoms with Crippen molar-refractivity contribution in [2.45, 2.75) is 154 Å². The van der Waals surface area contributed by atoms with Crippen LogP contribution in [0.3, 0.4) is 0 Å². The van der Waals surface area contributed by atoms with E-state index in [-0.39, 0.29) is 37.8 Å². The molecule has 0 saturated carbocycles. The Morgan fingerprint density at radius 3 is 1.42 bits per heavy atom. The Bertz CT molecular complexity index is 1920. The number of nitrogens with zero attached hydrogens (tertiary/aromatic N) is 5. The van der Waals surface area contributed by atoms with Gasteiger partial charge in [-0.15, -0.1) is 0 Å². The SMILES string of the molecule is CC(C)(C)OC(=O)N1CCC[C@H]1CCc1ccc(C(F)(F)F)cn1.CC(C)(C)OC(=O)N1CCC[C@H]1CN.FC(F)(F)c1ccc(CC[C@@H]2CCCN2)nc1.FC(F)(F)c1ccc(Cl)nc1.[B]. The standard InChI is InChI=1S/C17H23F3N2O2.C12H15F3N2.C10H20N2O2.C6H3ClF3N.B/c1-16(2,3)24-15(23)22-10-4-5-14(22)9-8-13-7-6-12(11-21-13)17(18,19)20;13-12(14,15)9-3-4-11(17-8-9)6-5-10-2-1-7-16-10;1-10(2,3)14-9(13)12-6-4-5-8(12)7-11;7-5-2-1-4(3-11-5)6(8,9)10;/h6-7,11,14H,4-5,8-10H2,1-3H3;3-4,8,10,16H,1-2,5-7H2;8H,4-7,11H2,1-3H3;1-3H;/t14-;10-;8-;;/m000../s1. The lowest BCUT2D eigenvalue weighted by molar-refractivity contribution is -0.138. The quantitative estimate of drug-likeness (QED) is 0.135. The molecule has 6 heterocycles. The summed E-state index contributed by atoms with van der Waals surface area (Å²) in [6.07, 6.45) is -2.08. The molecule has 3 aromatic rings. The fourth-order valence-electron chi connectivity index (χ4n) is 7.00. The monoisotopic (exact) mass is 980 g/mol. The molecule has 22 heteroatoms. The number of hydrogen-bond donors (Lipinski definition) is 2. The maximum Gasteiger partial charge on any atom is 0.417 e. The lowest BCUT2D eigenvalue weighted by atomic mass is 10.1. The van der Waals surface area contributed by atoms with E-state index in [1.54, 1.807) is 9.80 Å². The zero-order valence-corrected chi connectivity index (χ0v) is 39.4. The van der Waals surface area contributed by atoms with E-state index in [9.17, 15) is 49.1 Å². The van der Waals surface area contributed by atoms with Gasteiger partial charge in [-0.25, -0.2) is 14.6 Å². The van der Waals surface area contributed by atoms with Crippen molar-refractivity contribution < 1.29 is 58.6 Å². The van der Waals surface area contributed by atoms with Crippen LogP contribution in [0.15, 0.2) is 55.0 Å². The molecule has 373 valence electrons. The first-order chi connectivity index (χ1) is 30.6. The Kier molecular flexibility index (Phi) is 22.7. The highest BCUT2D eigenvalue weighted by atomic mass is 35.5. The molecular formula is C45H61BClF9N7O4. The van der Waals surface area contributed by atoms with Gasteiger partial charge in [-0.1, -0.05) is 11.6 Å². The molecule has 3 aliphatic heterocycles. The van der Waals surface area contributed by atoms with Crippen molar-refractivity contribution in [2.24, 2.45) is 5.73 Å². The summed E-state index contributed by atoms with van der Waals surface area (Å²) < 4.78 is 121. The molecule has 3 aromatic heterocycles. The number of likely N-dealkylation sites (tertiary alicyclic amines) is 2. The average molecular weight is 981 g/mol. The first kappa shape index (κ1) is 58.8. The lowest BCUT2D eigenvalue weighted by Crippen LogP contribution is -2.42. The summed E-state index contributed by atoms with van der Waals surface area (Å²) in [5, 5.41) is 3.41. The van der Waals surface area contributed by atoms with Crippen molar-refractivity contribution in [3.8, 4) is 0 Å². The van der Waals surface area contributed by atoms with Gasteiger partial charge in [0.15, 0.2) is 0 Å². The third kappa shape index (κ3) is 21.6. The van der Waals surface area contributed by atoms with Crippen LogP contribution in [0.25, 0.3) is 0 Å². The molecule has 2 amide bonds.